The number of amides is 1. The maximum atomic E-state index is 11.7. The maximum absolute atomic E-state index is 11.7. The van der Waals surface area contributed by atoms with Crippen LogP contribution in [0.2, 0.25) is 0 Å². The topological polar surface area (TPSA) is 41.1 Å². The predicted octanol–water partition coefficient (Wildman–Crippen LogP) is 1.68. The van der Waals surface area contributed by atoms with Gasteiger partial charge in [-0.1, -0.05) is 13.0 Å². The number of thiophene rings is 1. The first kappa shape index (κ1) is 10.6. The van der Waals surface area contributed by atoms with Crippen molar-refractivity contribution >= 4 is 17.2 Å². The summed E-state index contributed by atoms with van der Waals surface area (Å²) in [4.78, 5) is 13.0. The normalized spacial score (nSPS) is 21.8. The second-order valence-electron chi connectivity index (χ2n) is 3.78. The molecule has 15 heavy (non-hydrogen) atoms. The van der Waals surface area contributed by atoms with Gasteiger partial charge in [0, 0.05) is 4.88 Å². The van der Waals surface area contributed by atoms with E-state index in [1.165, 1.54) is 4.88 Å². The van der Waals surface area contributed by atoms with E-state index in [9.17, 15) is 4.79 Å². The highest BCUT2D eigenvalue weighted by molar-refractivity contribution is 7.10. The third-order valence-electron chi connectivity index (χ3n) is 2.75. The summed E-state index contributed by atoms with van der Waals surface area (Å²) in [5.41, 5.74) is 0. The molecule has 0 radical (unpaired) electrons. The summed E-state index contributed by atoms with van der Waals surface area (Å²) < 4.78 is 0. The van der Waals surface area contributed by atoms with Crippen LogP contribution in [0.25, 0.3) is 0 Å². The predicted molar refractivity (Wildman–Crippen MR) is 61.9 cm³/mol. The van der Waals surface area contributed by atoms with Crippen LogP contribution in [0.4, 0.5) is 0 Å². The van der Waals surface area contributed by atoms with Crippen LogP contribution in [0.3, 0.4) is 0 Å². The lowest BCUT2D eigenvalue weighted by atomic mass is 10.1. The summed E-state index contributed by atoms with van der Waals surface area (Å²) in [5, 5.41) is 8.24. The van der Waals surface area contributed by atoms with E-state index in [2.05, 4.69) is 23.6 Å². The minimum atomic E-state index is 0.0408. The van der Waals surface area contributed by atoms with Crippen molar-refractivity contribution in [3.63, 3.8) is 0 Å². The van der Waals surface area contributed by atoms with Crippen LogP contribution in [-0.2, 0) is 4.79 Å². The highest BCUT2D eigenvalue weighted by Crippen LogP contribution is 2.22. The zero-order valence-electron chi connectivity index (χ0n) is 8.82. The standard InChI is InChI=1S/C11H16N2OS/c1-2-8(10-4-3-7-15-10)13-11(14)9-5-6-12-9/h3-4,7-9,12H,2,5-6H2,1H3,(H,13,14)/t8?,9-/m1/s1. The van der Waals surface area contributed by atoms with Crippen molar-refractivity contribution in [3.8, 4) is 0 Å². The molecule has 0 aliphatic carbocycles. The molecule has 2 atom stereocenters. The number of carbonyl (C=O) groups is 1. The zero-order valence-corrected chi connectivity index (χ0v) is 9.64. The summed E-state index contributed by atoms with van der Waals surface area (Å²) in [6.07, 6.45) is 1.91. The molecule has 2 heterocycles. The van der Waals surface area contributed by atoms with Crippen LogP contribution in [-0.4, -0.2) is 18.5 Å². The van der Waals surface area contributed by atoms with Gasteiger partial charge in [-0.2, -0.15) is 0 Å². The van der Waals surface area contributed by atoms with Gasteiger partial charge < -0.3 is 10.6 Å². The van der Waals surface area contributed by atoms with Crippen LogP contribution in [0, 0.1) is 0 Å². The fourth-order valence-corrected chi connectivity index (χ4v) is 2.51. The van der Waals surface area contributed by atoms with Gasteiger partial charge in [0.05, 0.1) is 12.1 Å². The Morgan fingerprint density at radius 2 is 2.60 bits per heavy atom. The SMILES string of the molecule is CCC(NC(=O)[C@H]1CCN1)c1cccs1. The van der Waals surface area contributed by atoms with E-state index >= 15 is 0 Å². The molecular formula is C11H16N2OS. The molecule has 1 unspecified atom stereocenters. The molecule has 2 N–H and O–H groups in total. The fourth-order valence-electron chi connectivity index (χ4n) is 1.65. The maximum Gasteiger partial charge on any atom is 0.237 e. The Labute approximate surface area is 93.9 Å². The molecule has 1 aliphatic rings. The average Bonchev–Trinajstić information content (AvgIpc) is 2.63. The first-order valence-corrected chi connectivity index (χ1v) is 6.26. The molecule has 4 heteroatoms. The van der Waals surface area contributed by atoms with Gasteiger partial charge in [-0.05, 0) is 30.8 Å². The minimum absolute atomic E-state index is 0.0408. The highest BCUT2D eigenvalue weighted by atomic mass is 32.1. The molecule has 0 aromatic carbocycles. The van der Waals surface area contributed by atoms with Gasteiger partial charge in [0.2, 0.25) is 5.91 Å². The van der Waals surface area contributed by atoms with Crippen molar-refractivity contribution < 1.29 is 4.79 Å². The number of hydrogen-bond donors (Lipinski definition) is 2. The van der Waals surface area contributed by atoms with Crippen molar-refractivity contribution in [1.29, 1.82) is 0 Å². The van der Waals surface area contributed by atoms with Crippen LogP contribution in [0.15, 0.2) is 17.5 Å². The third-order valence-corrected chi connectivity index (χ3v) is 3.74. The van der Waals surface area contributed by atoms with Gasteiger partial charge in [0.15, 0.2) is 0 Å². The summed E-state index contributed by atoms with van der Waals surface area (Å²) >= 11 is 1.70. The van der Waals surface area contributed by atoms with Gasteiger partial charge in [-0.3, -0.25) is 4.79 Å². The van der Waals surface area contributed by atoms with Crippen LogP contribution in [0.1, 0.15) is 30.7 Å². The first-order valence-electron chi connectivity index (χ1n) is 5.38. The molecule has 1 aromatic rings. The zero-order chi connectivity index (χ0) is 10.7. The van der Waals surface area contributed by atoms with E-state index in [0.29, 0.717) is 0 Å². The second kappa shape index (κ2) is 4.77. The Hall–Kier alpha value is -0.870. The number of nitrogens with one attached hydrogen (secondary N) is 2. The molecular weight excluding hydrogens is 208 g/mol. The van der Waals surface area contributed by atoms with Gasteiger partial charge >= 0.3 is 0 Å². The highest BCUT2D eigenvalue weighted by Gasteiger charge is 2.26. The molecule has 1 amide bonds. The second-order valence-corrected chi connectivity index (χ2v) is 4.76. The summed E-state index contributed by atoms with van der Waals surface area (Å²) in [6, 6.07) is 4.32. The lowest BCUT2D eigenvalue weighted by molar-refractivity contribution is -0.125. The first-order chi connectivity index (χ1) is 7.31. The molecule has 0 saturated carbocycles. The van der Waals surface area contributed by atoms with Crippen molar-refractivity contribution in [2.45, 2.75) is 31.8 Å². The fraction of sp³-hybridized carbons (Fsp3) is 0.545. The monoisotopic (exact) mass is 224 g/mol. The van der Waals surface area contributed by atoms with Crippen LogP contribution < -0.4 is 10.6 Å². The van der Waals surface area contributed by atoms with Crippen molar-refractivity contribution in [2.75, 3.05) is 6.54 Å². The van der Waals surface area contributed by atoms with Crippen LogP contribution in [0.5, 0.6) is 0 Å². The van der Waals surface area contributed by atoms with Gasteiger partial charge in [-0.15, -0.1) is 11.3 Å². The Kier molecular flexibility index (Phi) is 3.38. The molecule has 1 aromatic heterocycles. The Bertz CT molecular complexity index is 319. The lowest BCUT2D eigenvalue weighted by Crippen LogP contribution is -2.53. The van der Waals surface area contributed by atoms with E-state index in [1.807, 2.05) is 11.4 Å². The van der Waals surface area contributed by atoms with Crippen molar-refractivity contribution in [1.82, 2.24) is 10.6 Å². The van der Waals surface area contributed by atoms with E-state index in [1.54, 1.807) is 11.3 Å². The van der Waals surface area contributed by atoms with E-state index < -0.39 is 0 Å². The van der Waals surface area contributed by atoms with Gasteiger partial charge in [0.25, 0.3) is 0 Å². The number of carbonyl (C=O) groups excluding carboxylic acids is 1. The molecule has 82 valence electrons. The van der Waals surface area contributed by atoms with E-state index in [-0.39, 0.29) is 18.0 Å². The molecule has 2 rings (SSSR count). The molecule has 3 nitrogen and oxygen atoms in total. The smallest absolute Gasteiger partial charge is 0.237 e. The summed E-state index contributed by atoms with van der Waals surface area (Å²) in [6.45, 7) is 3.06. The number of hydrogen-bond acceptors (Lipinski definition) is 3. The Balaban J connectivity index is 1.93. The molecule has 1 saturated heterocycles. The third kappa shape index (κ3) is 2.38. The summed E-state index contributed by atoms with van der Waals surface area (Å²) in [7, 11) is 0. The molecule has 1 aliphatic heterocycles. The molecule has 0 bridgehead atoms. The van der Waals surface area contributed by atoms with Gasteiger partial charge in [-0.25, -0.2) is 0 Å². The molecule has 0 spiro atoms. The Morgan fingerprint density at radius 1 is 1.80 bits per heavy atom. The van der Waals surface area contributed by atoms with E-state index in [4.69, 9.17) is 0 Å². The number of rotatable bonds is 4. The van der Waals surface area contributed by atoms with Crippen molar-refractivity contribution in [3.05, 3.63) is 22.4 Å². The lowest BCUT2D eigenvalue weighted by Gasteiger charge is -2.28. The molecule has 1 fully saturated rings. The Morgan fingerprint density at radius 3 is 3.07 bits per heavy atom. The van der Waals surface area contributed by atoms with Gasteiger partial charge in [0.1, 0.15) is 0 Å². The van der Waals surface area contributed by atoms with E-state index in [0.717, 1.165) is 19.4 Å². The van der Waals surface area contributed by atoms with Crippen molar-refractivity contribution in [2.24, 2.45) is 0 Å². The average molecular weight is 224 g/mol. The largest absolute Gasteiger partial charge is 0.347 e. The quantitative estimate of drug-likeness (QED) is 0.817. The minimum Gasteiger partial charge on any atom is -0.347 e. The summed E-state index contributed by atoms with van der Waals surface area (Å²) in [5.74, 6) is 0.140. The van der Waals surface area contributed by atoms with Crippen LogP contribution >= 0.6 is 11.3 Å².